The van der Waals surface area contributed by atoms with Crippen LogP contribution in [0, 0.1) is 11.3 Å². The molecule has 0 aliphatic carbocycles. The SMILES string of the molecule is CC(C)(C)OC(=O)N[C@@H]1C[C@H](F)CN(c2ccc(C#N)c3nccnc23)C1. The maximum absolute atomic E-state index is 14.4. The highest BCUT2D eigenvalue weighted by molar-refractivity contribution is 5.92. The average Bonchev–Trinajstić information content (AvgIpc) is 2.58. The lowest BCUT2D eigenvalue weighted by Gasteiger charge is -2.37. The van der Waals surface area contributed by atoms with Crippen molar-refractivity contribution in [1.82, 2.24) is 15.3 Å². The third-order valence-corrected chi connectivity index (χ3v) is 4.19. The van der Waals surface area contributed by atoms with Gasteiger partial charge in [0.25, 0.3) is 0 Å². The molecule has 0 bridgehead atoms. The number of fused-ring (bicyclic) bond motifs is 1. The Kier molecular flexibility index (Phi) is 5.13. The van der Waals surface area contributed by atoms with Crippen LogP contribution in [-0.4, -0.2) is 47.0 Å². The Labute approximate surface area is 157 Å². The van der Waals surface area contributed by atoms with Crippen molar-refractivity contribution in [2.24, 2.45) is 0 Å². The van der Waals surface area contributed by atoms with E-state index >= 15 is 0 Å². The lowest BCUT2D eigenvalue weighted by Crippen LogP contribution is -2.52. The van der Waals surface area contributed by atoms with Gasteiger partial charge in [0.2, 0.25) is 0 Å². The number of nitrogens with one attached hydrogen (secondary N) is 1. The van der Waals surface area contributed by atoms with Gasteiger partial charge in [-0.1, -0.05) is 0 Å². The summed E-state index contributed by atoms with van der Waals surface area (Å²) in [5.74, 6) is 0. The predicted molar refractivity (Wildman–Crippen MR) is 99.1 cm³/mol. The summed E-state index contributed by atoms with van der Waals surface area (Å²) < 4.78 is 19.6. The molecule has 8 heteroatoms. The van der Waals surface area contributed by atoms with Crippen molar-refractivity contribution in [3.05, 3.63) is 30.1 Å². The zero-order valence-corrected chi connectivity index (χ0v) is 15.6. The number of nitriles is 1. The van der Waals surface area contributed by atoms with Gasteiger partial charge in [0.15, 0.2) is 0 Å². The molecule has 27 heavy (non-hydrogen) atoms. The number of ether oxygens (including phenoxy) is 1. The van der Waals surface area contributed by atoms with Crippen LogP contribution in [0.4, 0.5) is 14.9 Å². The molecule has 1 aliphatic rings. The minimum Gasteiger partial charge on any atom is -0.444 e. The number of nitrogens with zero attached hydrogens (tertiary/aromatic N) is 4. The highest BCUT2D eigenvalue weighted by Crippen LogP contribution is 2.29. The minimum absolute atomic E-state index is 0.185. The highest BCUT2D eigenvalue weighted by atomic mass is 19.1. The summed E-state index contributed by atoms with van der Waals surface area (Å²) in [5, 5.41) is 12.0. The van der Waals surface area contributed by atoms with Gasteiger partial charge >= 0.3 is 6.09 Å². The number of alkyl carbamates (subject to hydrolysis) is 1. The molecule has 1 fully saturated rings. The minimum atomic E-state index is -1.11. The van der Waals surface area contributed by atoms with Crippen LogP contribution in [0.3, 0.4) is 0 Å². The number of halogens is 1. The monoisotopic (exact) mass is 371 g/mol. The van der Waals surface area contributed by atoms with Gasteiger partial charge in [0.05, 0.1) is 17.3 Å². The fraction of sp³-hybridized carbons (Fsp3) is 0.474. The average molecular weight is 371 g/mol. The number of hydrogen-bond donors (Lipinski definition) is 1. The maximum atomic E-state index is 14.4. The van der Waals surface area contributed by atoms with Crippen molar-refractivity contribution < 1.29 is 13.9 Å². The van der Waals surface area contributed by atoms with Gasteiger partial charge in [-0.25, -0.2) is 9.18 Å². The van der Waals surface area contributed by atoms with Crippen molar-refractivity contribution >= 4 is 22.8 Å². The molecule has 0 spiro atoms. The molecule has 2 aromatic rings. The number of hydrogen-bond acceptors (Lipinski definition) is 6. The van der Waals surface area contributed by atoms with Crippen molar-refractivity contribution in [3.8, 4) is 6.07 Å². The molecule has 1 saturated heterocycles. The first kappa shape index (κ1) is 18.8. The quantitative estimate of drug-likeness (QED) is 0.873. The lowest BCUT2D eigenvalue weighted by atomic mass is 10.0. The first-order valence-corrected chi connectivity index (χ1v) is 8.79. The number of amides is 1. The molecule has 1 N–H and O–H groups in total. The Morgan fingerprint density at radius 1 is 1.30 bits per heavy atom. The lowest BCUT2D eigenvalue weighted by molar-refractivity contribution is 0.0491. The summed E-state index contributed by atoms with van der Waals surface area (Å²) in [5.41, 5.74) is 1.51. The van der Waals surface area contributed by atoms with E-state index in [1.165, 1.54) is 6.20 Å². The molecule has 1 aromatic heterocycles. The Hall–Kier alpha value is -2.95. The van der Waals surface area contributed by atoms with Crippen LogP contribution < -0.4 is 10.2 Å². The topological polar surface area (TPSA) is 91.1 Å². The van der Waals surface area contributed by atoms with Crippen LogP contribution in [0.5, 0.6) is 0 Å². The Bertz CT molecular complexity index is 890. The molecule has 2 heterocycles. The number of benzene rings is 1. The molecule has 3 rings (SSSR count). The molecule has 0 radical (unpaired) electrons. The normalized spacial score (nSPS) is 20.2. The first-order chi connectivity index (χ1) is 12.8. The van der Waals surface area contributed by atoms with Gasteiger partial charge in [0, 0.05) is 31.9 Å². The fourth-order valence-corrected chi connectivity index (χ4v) is 3.20. The van der Waals surface area contributed by atoms with Gasteiger partial charge in [-0.3, -0.25) is 9.97 Å². The highest BCUT2D eigenvalue weighted by Gasteiger charge is 2.31. The molecule has 7 nitrogen and oxygen atoms in total. The second-order valence-corrected chi connectivity index (χ2v) is 7.58. The van der Waals surface area contributed by atoms with Crippen molar-refractivity contribution in [3.63, 3.8) is 0 Å². The number of carbonyl (C=O) groups is 1. The number of rotatable bonds is 2. The molecule has 2 atom stereocenters. The van der Waals surface area contributed by atoms with Crippen LogP contribution in [0.1, 0.15) is 32.8 Å². The first-order valence-electron chi connectivity index (χ1n) is 8.79. The van der Waals surface area contributed by atoms with Crippen molar-refractivity contribution in [2.45, 2.75) is 45.0 Å². The number of carbonyl (C=O) groups excluding carboxylic acids is 1. The van der Waals surface area contributed by atoms with Crippen LogP contribution >= 0.6 is 0 Å². The van der Waals surface area contributed by atoms with Gasteiger partial charge in [-0.05, 0) is 32.9 Å². The maximum Gasteiger partial charge on any atom is 0.407 e. The van der Waals surface area contributed by atoms with Crippen LogP contribution in [0.25, 0.3) is 11.0 Å². The number of anilines is 1. The van der Waals surface area contributed by atoms with E-state index in [4.69, 9.17) is 4.74 Å². The molecule has 0 saturated carbocycles. The molecular formula is C19H22FN5O2. The van der Waals surface area contributed by atoms with Crippen molar-refractivity contribution in [2.75, 3.05) is 18.0 Å². The van der Waals surface area contributed by atoms with E-state index in [0.29, 0.717) is 28.8 Å². The van der Waals surface area contributed by atoms with E-state index in [-0.39, 0.29) is 13.0 Å². The molecule has 0 unspecified atom stereocenters. The van der Waals surface area contributed by atoms with E-state index in [2.05, 4.69) is 21.4 Å². The second-order valence-electron chi connectivity index (χ2n) is 7.58. The standard InChI is InChI=1S/C19H22FN5O2/c1-19(2,3)27-18(26)24-14-8-13(20)10-25(11-14)15-5-4-12(9-21)16-17(15)23-7-6-22-16/h4-7,13-14H,8,10-11H2,1-3H3,(H,24,26)/t13-,14+/m0/s1. The third-order valence-electron chi connectivity index (χ3n) is 4.19. The molecule has 1 amide bonds. The largest absolute Gasteiger partial charge is 0.444 e. The van der Waals surface area contributed by atoms with E-state index in [1.54, 1.807) is 39.1 Å². The van der Waals surface area contributed by atoms with Crippen LogP contribution in [0.15, 0.2) is 24.5 Å². The zero-order valence-electron chi connectivity index (χ0n) is 15.6. The fourth-order valence-electron chi connectivity index (χ4n) is 3.20. The summed E-state index contributed by atoms with van der Waals surface area (Å²) in [6.45, 7) is 5.93. The molecule has 1 aromatic carbocycles. The molecule has 142 valence electrons. The Balaban J connectivity index is 1.84. The van der Waals surface area contributed by atoms with Gasteiger partial charge in [-0.2, -0.15) is 5.26 Å². The van der Waals surface area contributed by atoms with Gasteiger partial charge in [0.1, 0.15) is 28.9 Å². The second kappa shape index (κ2) is 7.35. The van der Waals surface area contributed by atoms with E-state index < -0.39 is 23.9 Å². The van der Waals surface area contributed by atoms with E-state index in [1.807, 2.05) is 4.90 Å². The summed E-state index contributed by atoms with van der Waals surface area (Å²) in [6, 6.07) is 5.10. The number of piperidine rings is 1. The Morgan fingerprint density at radius 3 is 2.67 bits per heavy atom. The summed E-state index contributed by atoms with van der Waals surface area (Å²) in [4.78, 5) is 22.4. The summed E-state index contributed by atoms with van der Waals surface area (Å²) in [7, 11) is 0. The third kappa shape index (κ3) is 4.42. The van der Waals surface area contributed by atoms with E-state index in [0.717, 1.165) is 0 Å². The van der Waals surface area contributed by atoms with Crippen molar-refractivity contribution in [1.29, 1.82) is 5.26 Å². The molecular weight excluding hydrogens is 349 g/mol. The van der Waals surface area contributed by atoms with Crippen LogP contribution in [-0.2, 0) is 4.74 Å². The van der Waals surface area contributed by atoms with Gasteiger partial charge in [-0.15, -0.1) is 0 Å². The number of aromatic nitrogens is 2. The smallest absolute Gasteiger partial charge is 0.407 e. The van der Waals surface area contributed by atoms with Crippen LogP contribution in [0.2, 0.25) is 0 Å². The molecule has 1 aliphatic heterocycles. The Morgan fingerprint density at radius 2 is 2.00 bits per heavy atom. The summed E-state index contributed by atoms with van der Waals surface area (Å²) >= 11 is 0. The predicted octanol–water partition coefficient (Wildman–Crippen LogP) is 2.94. The summed E-state index contributed by atoms with van der Waals surface area (Å²) in [6.07, 6.45) is 1.61. The van der Waals surface area contributed by atoms with Gasteiger partial charge < -0.3 is 15.0 Å². The zero-order chi connectivity index (χ0) is 19.6. The van der Waals surface area contributed by atoms with E-state index in [9.17, 15) is 14.4 Å². The number of alkyl halides is 1.